The Morgan fingerprint density at radius 2 is 2.00 bits per heavy atom. The lowest BCUT2D eigenvalue weighted by Gasteiger charge is -2.12. The summed E-state index contributed by atoms with van der Waals surface area (Å²) in [7, 11) is 1.26. The van der Waals surface area contributed by atoms with Gasteiger partial charge in [-0.15, -0.1) is 0 Å². The van der Waals surface area contributed by atoms with Crippen molar-refractivity contribution in [2.75, 3.05) is 12.8 Å². The summed E-state index contributed by atoms with van der Waals surface area (Å²) in [5.41, 5.74) is 6.97. The van der Waals surface area contributed by atoms with E-state index in [4.69, 9.17) is 10.5 Å². The second-order valence-electron chi connectivity index (χ2n) is 4.37. The highest BCUT2D eigenvalue weighted by atomic mass is 79.9. The maximum absolute atomic E-state index is 13.8. The number of esters is 1. The van der Waals surface area contributed by atoms with Crippen LogP contribution in [0.3, 0.4) is 0 Å². The molecular formula is C15H13BrFNO3. The number of aryl methyl sites for hydroxylation is 1. The van der Waals surface area contributed by atoms with Crippen molar-refractivity contribution in [3.63, 3.8) is 0 Å². The number of rotatable bonds is 3. The topological polar surface area (TPSA) is 61.5 Å². The van der Waals surface area contributed by atoms with Gasteiger partial charge in [0.25, 0.3) is 0 Å². The number of halogens is 2. The molecule has 0 amide bonds. The molecule has 2 N–H and O–H groups in total. The van der Waals surface area contributed by atoms with Gasteiger partial charge in [0.05, 0.1) is 12.7 Å². The molecule has 0 aliphatic carbocycles. The van der Waals surface area contributed by atoms with Gasteiger partial charge in [-0.1, -0.05) is 15.9 Å². The number of ether oxygens (including phenoxy) is 2. The van der Waals surface area contributed by atoms with Gasteiger partial charge in [-0.05, 0) is 42.8 Å². The minimum Gasteiger partial charge on any atom is -0.465 e. The lowest BCUT2D eigenvalue weighted by Crippen LogP contribution is -2.07. The molecule has 21 heavy (non-hydrogen) atoms. The number of hydrogen-bond acceptors (Lipinski definition) is 4. The number of benzene rings is 2. The highest BCUT2D eigenvalue weighted by Gasteiger charge is 2.15. The third kappa shape index (κ3) is 3.33. The molecule has 0 bridgehead atoms. The van der Waals surface area contributed by atoms with E-state index < -0.39 is 11.8 Å². The van der Waals surface area contributed by atoms with Crippen molar-refractivity contribution in [2.45, 2.75) is 6.92 Å². The molecule has 2 rings (SSSR count). The third-order valence-electron chi connectivity index (χ3n) is 2.89. The predicted octanol–water partition coefficient (Wildman–Crippen LogP) is 4.06. The van der Waals surface area contributed by atoms with Crippen LogP contribution in [0.25, 0.3) is 0 Å². The molecule has 0 unspecified atom stereocenters. The molecule has 6 heteroatoms. The molecule has 0 radical (unpaired) electrons. The number of methoxy groups -OCH3 is 1. The highest BCUT2D eigenvalue weighted by Crippen LogP contribution is 2.31. The Labute approximate surface area is 129 Å². The lowest BCUT2D eigenvalue weighted by atomic mass is 10.1. The van der Waals surface area contributed by atoms with Gasteiger partial charge >= 0.3 is 5.97 Å². The van der Waals surface area contributed by atoms with Crippen molar-refractivity contribution >= 4 is 27.6 Å². The first-order valence-electron chi connectivity index (χ1n) is 6.03. The standard InChI is InChI=1S/C15H13BrFNO3/c1-8-5-10(7-11(14(8)18)15(19)20-2)21-13-4-3-9(16)6-12(13)17/h3-7H,18H2,1-2H3. The van der Waals surface area contributed by atoms with E-state index in [1.54, 1.807) is 19.1 Å². The summed E-state index contributed by atoms with van der Waals surface area (Å²) >= 11 is 3.17. The van der Waals surface area contributed by atoms with Crippen molar-refractivity contribution in [3.8, 4) is 11.5 Å². The largest absolute Gasteiger partial charge is 0.465 e. The van der Waals surface area contributed by atoms with Crippen molar-refractivity contribution in [1.82, 2.24) is 0 Å². The van der Waals surface area contributed by atoms with Crippen LogP contribution in [0.15, 0.2) is 34.8 Å². The number of hydrogen-bond donors (Lipinski definition) is 1. The summed E-state index contributed by atoms with van der Waals surface area (Å²) < 4.78 is 24.5. The molecule has 2 aromatic rings. The van der Waals surface area contributed by atoms with E-state index in [2.05, 4.69) is 20.7 Å². The summed E-state index contributed by atoms with van der Waals surface area (Å²) in [5.74, 6) is -0.725. The Bertz CT molecular complexity index is 704. The molecule has 0 saturated carbocycles. The molecule has 0 heterocycles. The van der Waals surface area contributed by atoms with Crippen LogP contribution in [-0.2, 0) is 4.74 Å². The predicted molar refractivity (Wildman–Crippen MR) is 81.1 cm³/mol. The van der Waals surface area contributed by atoms with E-state index in [-0.39, 0.29) is 11.3 Å². The van der Waals surface area contributed by atoms with Crippen molar-refractivity contribution in [1.29, 1.82) is 0 Å². The maximum Gasteiger partial charge on any atom is 0.340 e. The summed E-state index contributed by atoms with van der Waals surface area (Å²) in [5, 5.41) is 0. The Kier molecular flexibility index (Phi) is 4.47. The van der Waals surface area contributed by atoms with Crippen LogP contribution < -0.4 is 10.5 Å². The molecule has 0 fully saturated rings. The molecule has 0 aliphatic rings. The van der Waals surface area contributed by atoms with E-state index >= 15 is 0 Å². The van der Waals surface area contributed by atoms with Gasteiger partial charge < -0.3 is 15.2 Å². The third-order valence-corrected chi connectivity index (χ3v) is 3.38. The number of carbonyl (C=O) groups is 1. The van der Waals surface area contributed by atoms with Crippen LogP contribution in [0.1, 0.15) is 15.9 Å². The van der Waals surface area contributed by atoms with Crippen LogP contribution in [0, 0.1) is 12.7 Å². The van der Waals surface area contributed by atoms with E-state index in [0.29, 0.717) is 21.5 Å². The minimum absolute atomic E-state index is 0.0539. The van der Waals surface area contributed by atoms with E-state index in [0.717, 1.165) is 0 Å². The Hall–Kier alpha value is -2.08. The fourth-order valence-electron chi connectivity index (χ4n) is 1.79. The van der Waals surface area contributed by atoms with Gasteiger partial charge in [0.15, 0.2) is 11.6 Å². The van der Waals surface area contributed by atoms with Gasteiger partial charge in [-0.2, -0.15) is 0 Å². The summed E-state index contributed by atoms with van der Waals surface area (Å²) in [4.78, 5) is 11.7. The van der Waals surface area contributed by atoms with Gasteiger partial charge in [0.2, 0.25) is 0 Å². The molecule has 110 valence electrons. The van der Waals surface area contributed by atoms with Gasteiger partial charge in [0, 0.05) is 10.2 Å². The lowest BCUT2D eigenvalue weighted by molar-refractivity contribution is 0.0601. The van der Waals surface area contributed by atoms with Gasteiger partial charge in [-0.3, -0.25) is 0 Å². The fraction of sp³-hybridized carbons (Fsp3) is 0.133. The maximum atomic E-state index is 13.8. The van der Waals surface area contributed by atoms with Crippen molar-refractivity contribution in [2.24, 2.45) is 0 Å². The number of anilines is 1. The van der Waals surface area contributed by atoms with Crippen LogP contribution >= 0.6 is 15.9 Å². The average Bonchev–Trinajstić information content (AvgIpc) is 2.44. The second-order valence-corrected chi connectivity index (χ2v) is 5.29. The van der Waals surface area contributed by atoms with Crippen LogP contribution in [0.5, 0.6) is 11.5 Å². The quantitative estimate of drug-likeness (QED) is 0.667. The normalized spacial score (nSPS) is 10.3. The number of nitrogen functional groups attached to an aromatic ring is 1. The number of carbonyl (C=O) groups excluding carboxylic acids is 1. The highest BCUT2D eigenvalue weighted by molar-refractivity contribution is 9.10. The summed E-state index contributed by atoms with van der Waals surface area (Å²) in [6, 6.07) is 7.49. The molecule has 0 atom stereocenters. The minimum atomic E-state index is -0.572. The molecule has 0 spiro atoms. The van der Waals surface area contributed by atoms with Gasteiger partial charge in [-0.25, -0.2) is 9.18 Å². The first kappa shape index (κ1) is 15.3. The van der Waals surface area contributed by atoms with E-state index in [1.165, 1.54) is 25.3 Å². The van der Waals surface area contributed by atoms with Crippen LogP contribution in [-0.4, -0.2) is 13.1 Å². The number of nitrogens with two attached hydrogens (primary N) is 1. The zero-order chi connectivity index (χ0) is 15.6. The molecular weight excluding hydrogens is 341 g/mol. The van der Waals surface area contributed by atoms with E-state index in [1.807, 2.05) is 0 Å². The molecule has 4 nitrogen and oxygen atoms in total. The smallest absolute Gasteiger partial charge is 0.340 e. The summed E-state index contributed by atoms with van der Waals surface area (Å²) in [6.45, 7) is 1.73. The van der Waals surface area contributed by atoms with Crippen LogP contribution in [0.2, 0.25) is 0 Å². The Morgan fingerprint density at radius 3 is 2.62 bits per heavy atom. The Morgan fingerprint density at radius 1 is 1.29 bits per heavy atom. The fourth-order valence-corrected chi connectivity index (χ4v) is 2.12. The first-order valence-corrected chi connectivity index (χ1v) is 6.83. The molecule has 0 aromatic heterocycles. The molecule has 0 aliphatic heterocycles. The average molecular weight is 354 g/mol. The SMILES string of the molecule is COC(=O)c1cc(Oc2ccc(Br)cc2F)cc(C)c1N. The monoisotopic (exact) mass is 353 g/mol. The molecule has 0 saturated heterocycles. The zero-order valence-corrected chi connectivity index (χ0v) is 13.0. The summed E-state index contributed by atoms with van der Waals surface area (Å²) in [6.07, 6.45) is 0. The first-order chi connectivity index (χ1) is 9.92. The van der Waals surface area contributed by atoms with Gasteiger partial charge in [0.1, 0.15) is 5.75 Å². The second kappa shape index (κ2) is 6.13. The molecule has 2 aromatic carbocycles. The van der Waals surface area contributed by atoms with E-state index in [9.17, 15) is 9.18 Å². The van der Waals surface area contributed by atoms with Crippen LogP contribution in [0.4, 0.5) is 10.1 Å². The zero-order valence-electron chi connectivity index (χ0n) is 11.4. The van der Waals surface area contributed by atoms with Crippen molar-refractivity contribution < 1.29 is 18.7 Å². The van der Waals surface area contributed by atoms with Crippen molar-refractivity contribution in [3.05, 3.63) is 51.7 Å². The Balaban J connectivity index is 2.40.